The van der Waals surface area contributed by atoms with E-state index in [0.29, 0.717) is 5.56 Å². The molecule has 0 radical (unpaired) electrons. The zero-order valence-corrected chi connectivity index (χ0v) is 10.6. The van der Waals surface area contributed by atoms with E-state index in [-0.39, 0.29) is 23.8 Å². The topological polar surface area (TPSA) is 123 Å². The summed E-state index contributed by atoms with van der Waals surface area (Å²) in [5.41, 5.74) is 0.468. The largest absolute Gasteiger partial charge is 0.475 e. The lowest BCUT2D eigenvalue weighted by Gasteiger charge is -2.03. The van der Waals surface area contributed by atoms with Gasteiger partial charge in [0.2, 0.25) is 5.76 Å². The highest BCUT2D eigenvalue weighted by atomic mass is 16.6. The maximum absolute atomic E-state index is 11.7. The molecule has 0 aliphatic carbocycles. The number of hydrogen-bond acceptors (Lipinski definition) is 5. The standard InChI is InChI=1S/C13H10N2O6/c16-12(10-4-5-11(21-10)13(17)18)14-7-8-2-1-3-9(6-8)15(19)20/h1-6H,7H2,(H,14,16)(H,17,18). The Labute approximate surface area is 118 Å². The summed E-state index contributed by atoms with van der Waals surface area (Å²) in [5.74, 6) is -2.35. The molecule has 8 heteroatoms. The van der Waals surface area contributed by atoms with Crippen molar-refractivity contribution in [2.45, 2.75) is 6.54 Å². The number of amides is 1. The van der Waals surface area contributed by atoms with Crippen LogP contribution >= 0.6 is 0 Å². The van der Waals surface area contributed by atoms with E-state index in [1.165, 1.54) is 30.3 Å². The summed E-state index contributed by atoms with van der Waals surface area (Å²) >= 11 is 0. The van der Waals surface area contributed by atoms with Crippen LogP contribution in [0.3, 0.4) is 0 Å². The Morgan fingerprint density at radius 3 is 2.57 bits per heavy atom. The van der Waals surface area contributed by atoms with Gasteiger partial charge in [0.05, 0.1) is 4.92 Å². The number of hydrogen-bond donors (Lipinski definition) is 2. The lowest BCUT2D eigenvalue weighted by atomic mass is 10.2. The Hall–Kier alpha value is -3.16. The Bertz CT molecular complexity index is 706. The summed E-state index contributed by atoms with van der Waals surface area (Å²) in [7, 11) is 0. The van der Waals surface area contributed by atoms with E-state index in [0.717, 1.165) is 0 Å². The molecule has 2 aromatic rings. The van der Waals surface area contributed by atoms with E-state index < -0.39 is 16.8 Å². The Kier molecular flexibility index (Phi) is 3.98. The average Bonchev–Trinajstić information content (AvgIpc) is 2.95. The van der Waals surface area contributed by atoms with Crippen molar-refractivity contribution in [1.82, 2.24) is 5.32 Å². The number of carboxylic acids is 1. The van der Waals surface area contributed by atoms with Gasteiger partial charge in [-0.15, -0.1) is 0 Å². The van der Waals surface area contributed by atoms with E-state index in [2.05, 4.69) is 5.32 Å². The number of carboxylic acid groups (broad SMARTS) is 1. The zero-order chi connectivity index (χ0) is 15.4. The molecule has 0 unspecified atom stereocenters. The summed E-state index contributed by atoms with van der Waals surface area (Å²) in [5, 5.41) is 21.8. The van der Waals surface area contributed by atoms with Crippen LogP contribution in [-0.2, 0) is 6.54 Å². The molecule has 1 aromatic carbocycles. The van der Waals surface area contributed by atoms with Gasteiger partial charge in [-0.2, -0.15) is 0 Å². The summed E-state index contributed by atoms with van der Waals surface area (Å²) in [4.78, 5) is 32.5. The first-order chi connectivity index (χ1) is 9.97. The molecule has 0 atom stereocenters. The second-order valence-electron chi connectivity index (χ2n) is 4.08. The van der Waals surface area contributed by atoms with Crippen LogP contribution in [0.25, 0.3) is 0 Å². The molecule has 0 aliphatic rings. The number of nitro benzene ring substituents is 1. The van der Waals surface area contributed by atoms with Gasteiger partial charge in [0.15, 0.2) is 5.76 Å². The minimum absolute atomic E-state index is 0.0591. The smallest absolute Gasteiger partial charge is 0.371 e. The molecule has 0 fully saturated rings. The highest BCUT2D eigenvalue weighted by Crippen LogP contribution is 2.13. The Morgan fingerprint density at radius 1 is 1.24 bits per heavy atom. The van der Waals surface area contributed by atoms with Crippen molar-refractivity contribution in [2.75, 3.05) is 0 Å². The van der Waals surface area contributed by atoms with Crippen molar-refractivity contribution >= 4 is 17.6 Å². The van der Waals surface area contributed by atoms with Crippen molar-refractivity contribution in [2.24, 2.45) is 0 Å². The number of carbonyl (C=O) groups is 2. The highest BCUT2D eigenvalue weighted by Gasteiger charge is 2.15. The third-order valence-electron chi connectivity index (χ3n) is 2.62. The van der Waals surface area contributed by atoms with Crippen LogP contribution in [0.2, 0.25) is 0 Å². The number of nitrogens with zero attached hydrogens (tertiary/aromatic N) is 1. The predicted molar refractivity (Wildman–Crippen MR) is 69.9 cm³/mol. The van der Waals surface area contributed by atoms with Crippen LogP contribution in [-0.4, -0.2) is 21.9 Å². The van der Waals surface area contributed by atoms with Crippen LogP contribution in [0, 0.1) is 10.1 Å². The first-order valence-corrected chi connectivity index (χ1v) is 5.82. The van der Waals surface area contributed by atoms with Crippen molar-refractivity contribution in [1.29, 1.82) is 0 Å². The molecule has 0 bridgehead atoms. The summed E-state index contributed by atoms with van der Waals surface area (Å²) in [6, 6.07) is 8.23. The molecule has 0 saturated carbocycles. The van der Waals surface area contributed by atoms with E-state index in [4.69, 9.17) is 9.52 Å². The van der Waals surface area contributed by atoms with Gasteiger partial charge in [-0.1, -0.05) is 12.1 Å². The molecule has 1 aromatic heterocycles. The number of non-ortho nitro benzene ring substituents is 1. The van der Waals surface area contributed by atoms with Gasteiger partial charge in [-0.25, -0.2) is 4.79 Å². The van der Waals surface area contributed by atoms with Gasteiger partial charge in [0.1, 0.15) is 0 Å². The maximum atomic E-state index is 11.7. The molecular weight excluding hydrogens is 280 g/mol. The van der Waals surface area contributed by atoms with Crippen molar-refractivity contribution in [3.63, 3.8) is 0 Å². The lowest BCUT2D eigenvalue weighted by molar-refractivity contribution is -0.384. The minimum atomic E-state index is -1.27. The fourth-order valence-corrected chi connectivity index (χ4v) is 1.62. The number of rotatable bonds is 5. The molecule has 1 amide bonds. The normalized spacial score (nSPS) is 10.1. The van der Waals surface area contributed by atoms with E-state index in [9.17, 15) is 19.7 Å². The monoisotopic (exact) mass is 290 g/mol. The lowest BCUT2D eigenvalue weighted by Crippen LogP contribution is -2.22. The van der Waals surface area contributed by atoms with Crippen molar-refractivity contribution < 1.29 is 24.0 Å². The molecule has 2 rings (SSSR count). The van der Waals surface area contributed by atoms with Gasteiger partial charge in [-0.3, -0.25) is 14.9 Å². The van der Waals surface area contributed by atoms with Crippen molar-refractivity contribution in [3.05, 3.63) is 63.6 Å². The van der Waals surface area contributed by atoms with E-state index in [1.807, 2.05) is 0 Å². The molecule has 0 spiro atoms. The van der Waals surface area contributed by atoms with Crippen molar-refractivity contribution in [3.8, 4) is 0 Å². The number of aromatic carboxylic acids is 1. The Balaban J connectivity index is 2.02. The molecule has 0 aliphatic heterocycles. The summed E-state index contributed by atoms with van der Waals surface area (Å²) in [6.45, 7) is 0.0591. The first kappa shape index (κ1) is 14.3. The predicted octanol–water partition coefficient (Wildman–Crippen LogP) is 1.82. The average molecular weight is 290 g/mol. The number of carbonyl (C=O) groups excluding carboxylic acids is 1. The van der Waals surface area contributed by atoms with Crippen LogP contribution in [0.5, 0.6) is 0 Å². The van der Waals surface area contributed by atoms with Crippen LogP contribution < -0.4 is 5.32 Å². The van der Waals surface area contributed by atoms with E-state index in [1.54, 1.807) is 6.07 Å². The second-order valence-corrected chi connectivity index (χ2v) is 4.08. The minimum Gasteiger partial charge on any atom is -0.475 e. The maximum Gasteiger partial charge on any atom is 0.371 e. The van der Waals surface area contributed by atoms with Crippen LogP contribution in [0.15, 0.2) is 40.8 Å². The third kappa shape index (κ3) is 3.44. The summed E-state index contributed by atoms with van der Waals surface area (Å²) in [6.07, 6.45) is 0. The van der Waals surface area contributed by atoms with Crippen LogP contribution in [0.4, 0.5) is 5.69 Å². The first-order valence-electron chi connectivity index (χ1n) is 5.82. The molecule has 108 valence electrons. The second kappa shape index (κ2) is 5.87. The quantitative estimate of drug-likeness (QED) is 0.639. The van der Waals surface area contributed by atoms with Gasteiger partial charge in [0.25, 0.3) is 11.6 Å². The van der Waals surface area contributed by atoms with Gasteiger partial charge in [0, 0.05) is 18.7 Å². The van der Waals surface area contributed by atoms with Gasteiger partial charge < -0.3 is 14.8 Å². The molecule has 21 heavy (non-hydrogen) atoms. The number of nitro groups is 1. The highest BCUT2D eigenvalue weighted by molar-refractivity contribution is 5.93. The van der Waals surface area contributed by atoms with E-state index >= 15 is 0 Å². The summed E-state index contributed by atoms with van der Waals surface area (Å²) < 4.78 is 4.84. The molecular formula is C13H10N2O6. The molecule has 8 nitrogen and oxygen atoms in total. The van der Waals surface area contributed by atoms with Crippen LogP contribution in [0.1, 0.15) is 26.7 Å². The number of furan rings is 1. The molecule has 2 N–H and O–H groups in total. The fourth-order valence-electron chi connectivity index (χ4n) is 1.62. The molecule has 1 heterocycles. The zero-order valence-electron chi connectivity index (χ0n) is 10.6. The number of benzene rings is 1. The van der Waals surface area contributed by atoms with Gasteiger partial charge >= 0.3 is 5.97 Å². The SMILES string of the molecule is O=C(O)c1ccc(C(=O)NCc2cccc([N+](=O)[O-])c2)o1. The third-order valence-corrected chi connectivity index (χ3v) is 2.62. The molecule has 0 saturated heterocycles. The number of nitrogens with one attached hydrogen (secondary N) is 1. The fraction of sp³-hybridized carbons (Fsp3) is 0.0769. The van der Waals surface area contributed by atoms with Gasteiger partial charge in [-0.05, 0) is 17.7 Å². The Morgan fingerprint density at radius 2 is 1.95 bits per heavy atom.